The zero-order valence-electron chi connectivity index (χ0n) is 10.8. The fourth-order valence-electron chi connectivity index (χ4n) is 1.79. The van der Waals surface area contributed by atoms with Crippen molar-refractivity contribution in [1.29, 1.82) is 0 Å². The van der Waals surface area contributed by atoms with Gasteiger partial charge in [0.25, 0.3) is 0 Å². The Morgan fingerprint density at radius 2 is 2.15 bits per heavy atom. The van der Waals surface area contributed by atoms with E-state index in [1.807, 2.05) is 25.1 Å². The Balaban J connectivity index is 1.91. The van der Waals surface area contributed by atoms with Crippen LogP contribution in [0.15, 0.2) is 18.2 Å². The number of aromatic amines is 1. The van der Waals surface area contributed by atoms with E-state index >= 15 is 0 Å². The molecule has 0 aliphatic carbocycles. The summed E-state index contributed by atoms with van der Waals surface area (Å²) in [5, 5.41) is 2.41. The average Bonchev–Trinajstić information content (AvgIpc) is 2.75. The van der Waals surface area contributed by atoms with Gasteiger partial charge in [-0.15, -0.1) is 0 Å². The SMILES string of the molecule is Cc1ccc2nc(CNC(=O)CCC(F)(F)F)[nH]c2c1. The van der Waals surface area contributed by atoms with E-state index in [2.05, 4.69) is 15.3 Å². The largest absolute Gasteiger partial charge is 0.389 e. The van der Waals surface area contributed by atoms with Gasteiger partial charge in [0.2, 0.25) is 5.91 Å². The summed E-state index contributed by atoms with van der Waals surface area (Å²) in [4.78, 5) is 18.5. The van der Waals surface area contributed by atoms with Gasteiger partial charge in [0.1, 0.15) is 5.82 Å². The highest BCUT2D eigenvalue weighted by atomic mass is 19.4. The second-order valence-corrected chi connectivity index (χ2v) is 4.60. The van der Waals surface area contributed by atoms with Crippen LogP contribution in [0.1, 0.15) is 24.2 Å². The van der Waals surface area contributed by atoms with E-state index in [9.17, 15) is 18.0 Å². The minimum atomic E-state index is -4.31. The number of aromatic nitrogens is 2. The summed E-state index contributed by atoms with van der Waals surface area (Å²) in [6.07, 6.45) is -5.99. The number of halogens is 3. The lowest BCUT2D eigenvalue weighted by molar-refractivity contribution is -0.144. The third-order valence-electron chi connectivity index (χ3n) is 2.77. The van der Waals surface area contributed by atoms with Crippen LogP contribution in [0.5, 0.6) is 0 Å². The molecule has 108 valence electrons. The number of amides is 1. The second kappa shape index (κ2) is 5.52. The molecule has 2 rings (SSSR count). The van der Waals surface area contributed by atoms with Gasteiger partial charge in [-0.05, 0) is 24.6 Å². The van der Waals surface area contributed by atoms with Crippen molar-refractivity contribution >= 4 is 16.9 Å². The molecule has 0 fully saturated rings. The van der Waals surface area contributed by atoms with Crippen LogP contribution in [0.2, 0.25) is 0 Å². The summed E-state index contributed by atoms with van der Waals surface area (Å²) >= 11 is 0. The van der Waals surface area contributed by atoms with Crippen molar-refractivity contribution in [2.75, 3.05) is 0 Å². The van der Waals surface area contributed by atoms with Crippen molar-refractivity contribution < 1.29 is 18.0 Å². The van der Waals surface area contributed by atoms with Gasteiger partial charge in [-0.25, -0.2) is 4.98 Å². The third-order valence-corrected chi connectivity index (χ3v) is 2.77. The van der Waals surface area contributed by atoms with Crippen molar-refractivity contribution in [3.05, 3.63) is 29.6 Å². The van der Waals surface area contributed by atoms with Crippen LogP contribution in [0.25, 0.3) is 11.0 Å². The highest BCUT2D eigenvalue weighted by Crippen LogP contribution is 2.21. The summed E-state index contributed by atoms with van der Waals surface area (Å²) in [7, 11) is 0. The van der Waals surface area contributed by atoms with Crippen molar-refractivity contribution in [2.24, 2.45) is 0 Å². The second-order valence-electron chi connectivity index (χ2n) is 4.60. The number of rotatable bonds is 4. The summed E-state index contributed by atoms with van der Waals surface area (Å²) < 4.78 is 35.9. The number of H-pyrrole nitrogens is 1. The van der Waals surface area contributed by atoms with Gasteiger partial charge in [0.15, 0.2) is 0 Å². The molecular formula is C13H14F3N3O. The maximum Gasteiger partial charge on any atom is 0.389 e. The molecule has 0 radical (unpaired) electrons. The quantitative estimate of drug-likeness (QED) is 0.907. The number of alkyl halides is 3. The summed E-state index contributed by atoms with van der Waals surface area (Å²) in [6.45, 7) is 2.03. The van der Waals surface area contributed by atoms with Gasteiger partial charge < -0.3 is 10.3 Å². The fourth-order valence-corrected chi connectivity index (χ4v) is 1.79. The highest BCUT2D eigenvalue weighted by molar-refractivity contribution is 5.77. The van der Waals surface area contributed by atoms with E-state index in [4.69, 9.17) is 0 Å². The molecule has 1 aromatic heterocycles. The Labute approximate surface area is 113 Å². The third kappa shape index (κ3) is 3.97. The van der Waals surface area contributed by atoms with E-state index in [0.29, 0.717) is 5.82 Å². The fraction of sp³-hybridized carbons (Fsp3) is 0.385. The first-order valence-electron chi connectivity index (χ1n) is 6.12. The molecule has 1 heterocycles. The molecule has 20 heavy (non-hydrogen) atoms. The van der Waals surface area contributed by atoms with Crippen molar-refractivity contribution in [3.8, 4) is 0 Å². The highest BCUT2D eigenvalue weighted by Gasteiger charge is 2.27. The number of hydrogen-bond donors (Lipinski definition) is 2. The van der Waals surface area contributed by atoms with Gasteiger partial charge >= 0.3 is 6.18 Å². The zero-order valence-corrected chi connectivity index (χ0v) is 10.8. The van der Waals surface area contributed by atoms with E-state index < -0.39 is 24.9 Å². The minimum Gasteiger partial charge on any atom is -0.349 e. The van der Waals surface area contributed by atoms with Crippen molar-refractivity contribution in [2.45, 2.75) is 32.5 Å². The Bertz CT molecular complexity index is 619. The topological polar surface area (TPSA) is 57.8 Å². The zero-order chi connectivity index (χ0) is 14.8. The monoisotopic (exact) mass is 285 g/mol. The number of aryl methyl sites for hydroxylation is 1. The lowest BCUT2D eigenvalue weighted by Crippen LogP contribution is -2.25. The molecule has 0 saturated heterocycles. The molecule has 0 bridgehead atoms. The molecule has 1 aromatic carbocycles. The Kier molecular flexibility index (Phi) is 3.96. The number of imidazole rings is 1. The Morgan fingerprint density at radius 1 is 1.40 bits per heavy atom. The number of nitrogens with one attached hydrogen (secondary N) is 2. The standard InChI is InChI=1S/C13H14F3N3O/c1-8-2-3-9-10(6-8)19-11(18-9)7-17-12(20)4-5-13(14,15)16/h2-3,6H,4-5,7H2,1H3,(H,17,20)(H,18,19). The van der Waals surface area contributed by atoms with Gasteiger partial charge in [-0.1, -0.05) is 6.07 Å². The first-order valence-corrected chi connectivity index (χ1v) is 6.12. The van der Waals surface area contributed by atoms with Crippen molar-refractivity contribution in [1.82, 2.24) is 15.3 Å². The van der Waals surface area contributed by atoms with E-state index in [-0.39, 0.29) is 6.54 Å². The average molecular weight is 285 g/mol. The van der Waals surface area contributed by atoms with Gasteiger partial charge in [-0.2, -0.15) is 13.2 Å². The van der Waals surface area contributed by atoms with Crippen molar-refractivity contribution in [3.63, 3.8) is 0 Å². The summed E-state index contributed by atoms with van der Waals surface area (Å²) in [5.41, 5.74) is 2.67. The van der Waals surface area contributed by atoms with Gasteiger partial charge in [0, 0.05) is 6.42 Å². The van der Waals surface area contributed by atoms with Crippen LogP contribution in [0.4, 0.5) is 13.2 Å². The molecule has 2 aromatic rings. The molecule has 0 aliphatic rings. The molecule has 4 nitrogen and oxygen atoms in total. The smallest absolute Gasteiger partial charge is 0.349 e. The Morgan fingerprint density at radius 3 is 2.85 bits per heavy atom. The molecule has 0 unspecified atom stereocenters. The number of hydrogen-bond acceptors (Lipinski definition) is 2. The van der Waals surface area contributed by atoms with Crippen LogP contribution in [-0.2, 0) is 11.3 Å². The molecule has 1 amide bonds. The number of carbonyl (C=O) groups is 1. The predicted molar refractivity (Wildman–Crippen MR) is 68.0 cm³/mol. The lowest BCUT2D eigenvalue weighted by atomic mass is 10.2. The minimum absolute atomic E-state index is 0.0877. The summed E-state index contributed by atoms with van der Waals surface area (Å²) in [6, 6.07) is 5.67. The molecule has 2 N–H and O–H groups in total. The molecular weight excluding hydrogens is 271 g/mol. The van der Waals surface area contributed by atoms with Crippen LogP contribution < -0.4 is 5.32 Å². The molecule has 7 heteroatoms. The molecule has 0 saturated carbocycles. The number of carbonyl (C=O) groups excluding carboxylic acids is 1. The number of nitrogens with zero attached hydrogens (tertiary/aromatic N) is 1. The van der Waals surface area contributed by atoms with Crippen LogP contribution in [-0.4, -0.2) is 22.1 Å². The maximum absolute atomic E-state index is 12.0. The molecule has 0 spiro atoms. The predicted octanol–water partition coefficient (Wildman–Crippen LogP) is 2.83. The van der Waals surface area contributed by atoms with E-state index in [0.717, 1.165) is 16.6 Å². The van der Waals surface area contributed by atoms with Crippen LogP contribution in [0, 0.1) is 6.92 Å². The van der Waals surface area contributed by atoms with Gasteiger partial charge in [-0.3, -0.25) is 4.79 Å². The Hall–Kier alpha value is -2.05. The van der Waals surface area contributed by atoms with E-state index in [1.54, 1.807) is 0 Å². The number of fused-ring (bicyclic) bond motifs is 1. The van der Waals surface area contributed by atoms with Crippen LogP contribution >= 0.6 is 0 Å². The molecule has 0 aliphatic heterocycles. The van der Waals surface area contributed by atoms with E-state index in [1.165, 1.54) is 0 Å². The first-order chi connectivity index (χ1) is 9.33. The van der Waals surface area contributed by atoms with Gasteiger partial charge in [0.05, 0.1) is 24.0 Å². The lowest BCUT2D eigenvalue weighted by Gasteiger charge is -2.06. The molecule has 0 atom stereocenters. The number of benzene rings is 1. The van der Waals surface area contributed by atoms with Crippen LogP contribution in [0.3, 0.4) is 0 Å². The first kappa shape index (κ1) is 14.4. The normalized spacial score (nSPS) is 11.8. The maximum atomic E-state index is 12.0. The summed E-state index contributed by atoms with van der Waals surface area (Å²) in [5.74, 6) is -0.120.